The van der Waals surface area contributed by atoms with E-state index in [1.807, 2.05) is 0 Å². The van der Waals surface area contributed by atoms with E-state index in [9.17, 15) is 0 Å². The zero-order valence-corrected chi connectivity index (χ0v) is 13.3. The summed E-state index contributed by atoms with van der Waals surface area (Å²) in [5.41, 5.74) is 9.51. The molecule has 0 aliphatic rings. The number of benzene rings is 2. The summed E-state index contributed by atoms with van der Waals surface area (Å²) in [6, 6.07) is 11.4. The smallest absolute Gasteiger partial charge is 0.0205 e. The minimum absolute atomic E-state index is 0.938. The highest BCUT2D eigenvalue weighted by Gasteiger charge is 2.08. The molecule has 1 N–H and O–H groups in total. The van der Waals surface area contributed by atoms with E-state index in [4.69, 9.17) is 0 Å². The molecule has 0 aliphatic carbocycles. The Morgan fingerprint density at radius 2 is 1.40 bits per heavy atom. The van der Waals surface area contributed by atoms with Gasteiger partial charge in [-0.1, -0.05) is 31.2 Å². The fourth-order valence-electron chi connectivity index (χ4n) is 2.59. The molecule has 2 rings (SSSR count). The predicted octanol–water partition coefficient (Wildman–Crippen LogP) is 4.70. The minimum atomic E-state index is 0.938. The fraction of sp³-hybridized carbons (Fsp3) is 0.368. The quantitative estimate of drug-likeness (QED) is 0.847. The van der Waals surface area contributed by atoms with E-state index in [1.165, 1.54) is 38.9 Å². The van der Waals surface area contributed by atoms with Gasteiger partial charge in [0.15, 0.2) is 0 Å². The summed E-state index contributed by atoms with van der Waals surface area (Å²) < 4.78 is 0. The van der Waals surface area contributed by atoms with Crippen LogP contribution in [0.5, 0.6) is 0 Å². The average Bonchev–Trinajstić information content (AvgIpc) is 2.42. The van der Waals surface area contributed by atoms with Crippen molar-refractivity contribution in [3.8, 4) is 11.1 Å². The van der Waals surface area contributed by atoms with E-state index >= 15 is 0 Å². The van der Waals surface area contributed by atoms with Crippen LogP contribution in [0.15, 0.2) is 30.3 Å². The Bertz CT molecular complexity index is 611. The molecule has 1 heteroatoms. The van der Waals surface area contributed by atoms with Gasteiger partial charge in [0, 0.05) is 6.54 Å². The molecule has 0 heterocycles. The van der Waals surface area contributed by atoms with Gasteiger partial charge >= 0.3 is 0 Å². The minimum Gasteiger partial charge on any atom is -0.313 e. The second kappa shape index (κ2) is 6.23. The van der Waals surface area contributed by atoms with E-state index in [0.29, 0.717) is 0 Å². The topological polar surface area (TPSA) is 12.0 Å². The Balaban J connectivity index is 2.48. The maximum atomic E-state index is 3.40. The van der Waals surface area contributed by atoms with Crippen LogP contribution in [-0.2, 0) is 6.54 Å². The summed E-state index contributed by atoms with van der Waals surface area (Å²) in [7, 11) is 0. The van der Waals surface area contributed by atoms with E-state index in [0.717, 1.165) is 13.1 Å². The van der Waals surface area contributed by atoms with Crippen molar-refractivity contribution in [3.63, 3.8) is 0 Å². The van der Waals surface area contributed by atoms with E-state index < -0.39 is 0 Å². The van der Waals surface area contributed by atoms with Gasteiger partial charge in [-0.3, -0.25) is 0 Å². The molecule has 0 atom stereocenters. The fourth-order valence-corrected chi connectivity index (χ4v) is 2.59. The normalized spacial score (nSPS) is 10.8. The van der Waals surface area contributed by atoms with Crippen LogP contribution in [-0.4, -0.2) is 6.54 Å². The zero-order chi connectivity index (χ0) is 14.7. The third kappa shape index (κ3) is 3.10. The van der Waals surface area contributed by atoms with Crippen LogP contribution in [0.3, 0.4) is 0 Å². The highest BCUT2D eigenvalue weighted by atomic mass is 14.8. The summed E-state index contributed by atoms with van der Waals surface area (Å²) in [6.45, 7) is 12.9. The van der Waals surface area contributed by atoms with E-state index in [-0.39, 0.29) is 0 Å². The maximum absolute atomic E-state index is 3.40. The number of rotatable bonds is 4. The lowest BCUT2D eigenvalue weighted by molar-refractivity contribution is 0.727. The summed E-state index contributed by atoms with van der Waals surface area (Å²) in [5, 5.41) is 3.40. The van der Waals surface area contributed by atoms with Gasteiger partial charge in [-0.2, -0.15) is 0 Å². The Kier molecular flexibility index (Phi) is 4.61. The molecule has 106 valence electrons. The molecule has 20 heavy (non-hydrogen) atoms. The van der Waals surface area contributed by atoms with Crippen molar-refractivity contribution >= 4 is 0 Å². The van der Waals surface area contributed by atoms with Gasteiger partial charge in [-0.15, -0.1) is 0 Å². The monoisotopic (exact) mass is 267 g/mol. The van der Waals surface area contributed by atoms with Crippen molar-refractivity contribution in [2.24, 2.45) is 0 Å². The van der Waals surface area contributed by atoms with E-state index in [1.54, 1.807) is 0 Å². The molecule has 1 nitrogen and oxygen atoms in total. The standard InChI is InChI=1S/C19H25N/c1-6-20-12-17-8-7-13(2)19(11-17)18-10-15(4)14(3)9-16(18)5/h7-11,20H,6,12H2,1-5H3. The highest BCUT2D eigenvalue weighted by molar-refractivity contribution is 5.72. The second-order valence-corrected chi connectivity index (χ2v) is 5.68. The molecule has 0 radical (unpaired) electrons. The zero-order valence-electron chi connectivity index (χ0n) is 13.3. The molecular weight excluding hydrogens is 242 g/mol. The Hall–Kier alpha value is -1.60. The Morgan fingerprint density at radius 1 is 0.750 bits per heavy atom. The summed E-state index contributed by atoms with van der Waals surface area (Å²) in [4.78, 5) is 0. The first-order valence-corrected chi connectivity index (χ1v) is 7.41. The van der Waals surface area contributed by atoms with Crippen molar-refractivity contribution in [3.05, 3.63) is 58.1 Å². The SMILES string of the molecule is CCNCc1ccc(C)c(-c2cc(C)c(C)cc2C)c1. The molecular formula is C19H25N. The van der Waals surface area contributed by atoms with Gasteiger partial charge < -0.3 is 5.32 Å². The lowest BCUT2D eigenvalue weighted by Gasteiger charge is -2.14. The molecule has 0 aromatic heterocycles. The van der Waals surface area contributed by atoms with Crippen LogP contribution in [0.2, 0.25) is 0 Å². The van der Waals surface area contributed by atoms with Crippen molar-refractivity contribution in [1.29, 1.82) is 0 Å². The first-order valence-electron chi connectivity index (χ1n) is 7.41. The van der Waals surface area contributed by atoms with Crippen LogP contribution >= 0.6 is 0 Å². The Labute approximate surface area is 123 Å². The number of hydrogen-bond acceptors (Lipinski definition) is 1. The van der Waals surface area contributed by atoms with Gasteiger partial charge in [0.1, 0.15) is 0 Å². The van der Waals surface area contributed by atoms with Gasteiger partial charge in [0.05, 0.1) is 0 Å². The van der Waals surface area contributed by atoms with Crippen molar-refractivity contribution in [2.45, 2.75) is 41.2 Å². The number of nitrogens with one attached hydrogen (secondary N) is 1. The molecule has 0 saturated carbocycles. The van der Waals surface area contributed by atoms with Crippen LogP contribution in [0.25, 0.3) is 11.1 Å². The third-order valence-corrected chi connectivity index (χ3v) is 4.01. The molecule has 2 aromatic carbocycles. The summed E-state index contributed by atoms with van der Waals surface area (Å²) in [5.74, 6) is 0. The number of hydrogen-bond donors (Lipinski definition) is 1. The Morgan fingerprint density at radius 3 is 2.10 bits per heavy atom. The predicted molar refractivity (Wildman–Crippen MR) is 88.2 cm³/mol. The van der Waals surface area contributed by atoms with Crippen molar-refractivity contribution < 1.29 is 0 Å². The van der Waals surface area contributed by atoms with Crippen LogP contribution in [0.4, 0.5) is 0 Å². The largest absolute Gasteiger partial charge is 0.313 e. The van der Waals surface area contributed by atoms with Crippen molar-refractivity contribution in [2.75, 3.05) is 6.54 Å². The van der Waals surface area contributed by atoms with Gasteiger partial charge in [0.2, 0.25) is 0 Å². The van der Waals surface area contributed by atoms with Crippen LogP contribution in [0, 0.1) is 27.7 Å². The maximum Gasteiger partial charge on any atom is 0.0205 e. The molecule has 2 aromatic rings. The molecule has 0 saturated heterocycles. The van der Waals surface area contributed by atoms with Crippen LogP contribution in [0.1, 0.15) is 34.7 Å². The molecule has 0 spiro atoms. The molecule has 0 amide bonds. The lowest BCUT2D eigenvalue weighted by Crippen LogP contribution is -2.11. The second-order valence-electron chi connectivity index (χ2n) is 5.68. The summed E-state index contributed by atoms with van der Waals surface area (Å²) >= 11 is 0. The number of aryl methyl sites for hydroxylation is 4. The van der Waals surface area contributed by atoms with Gasteiger partial charge in [-0.05, 0) is 79.3 Å². The first kappa shape index (κ1) is 14.8. The van der Waals surface area contributed by atoms with Crippen molar-refractivity contribution in [1.82, 2.24) is 5.32 Å². The molecule has 0 fully saturated rings. The third-order valence-electron chi connectivity index (χ3n) is 4.01. The lowest BCUT2D eigenvalue weighted by atomic mass is 9.92. The van der Waals surface area contributed by atoms with Crippen LogP contribution < -0.4 is 5.32 Å². The highest BCUT2D eigenvalue weighted by Crippen LogP contribution is 2.29. The molecule has 0 aliphatic heterocycles. The first-order chi connectivity index (χ1) is 9.52. The average molecular weight is 267 g/mol. The van der Waals surface area contributed by atoms with Gasteiger partial charge in [0.25, 0.3) is 0 Å². The van der Waals surface area contributed by atoms with Gasteiger partial charge in [-0.25, -0.2) is 0 Å². The van der Waals surface area contributed by atoms with E-state index in [2.05, 4.69) is 70.3 Å². The molecule has 0 bridgehead atoms. The molecule has 0 unspecified atom stereocenters. The summed E-state index contributed by atoms with van der Waals surface area (Å²) in [6.07, 6.45) is 0.